The second-order valence-electron chi connectivity index (χ2n) is 4.04. The summed E-state index contributed by atoms with van der Waals surface area (Å²) in [6, 6.07) is 1.45. The maximum Gasteiger partial charge on any atom is 0.0195 e. The predicted octanol–water partition coefficient (Wildman–Crippen LogP) is 1.42. The molecule has 1 heterocycles. The minimum Gasteiger partial charge on any atom is -0.313 e. The van der Waals surface area contributed by atoms with E-state index in [4.69, 9.17) is 0 Å². The van der Waals surface area contributed by atoms with Gasteiger partial charge in [0.2, 0.25) is 0 Å². The Balaban J connectivity index is 2.18. The van der Waals surface area contributed by atoms with Gasteiger partial charge in [-0.25, -0.2) is 0 Å². The van der Waals surface area contributed by atoms with Gasteiger partial charge < -0.3 is 10.2 Å². The van der Waals surface area contributed by atoms with Gasteiger partial charge in [0.25, 0.3) is 0 Å². The van der Waals surface area contributed by atoms with Gasteiger partial charge in [-0.05, 0) is 39.6 Å². The van der Waals surface area contributed by atoms with Crippen LogP contribution in [0.2, 0.25) is 0 Å². The molecule has 1 aliphatic heterocycles. The highest BCUT2D eigenvalue weighted by Gasteiger charge is 2.18. The van der Waals surface area contributed by atoms with E-state index in [2.05, 4.69) is 30.4 Å². The Morgan fingerprint density at radius 2 is 2.38 bits per heavy atom. The molecule has 2 atom stereocenters. The third-order valence-corrected chi connectivity index (χ3v) is 3.65. The van der Waals surface area contributed by atoms with Crippen LogP contribution in [-0.4, -0.2) is 49.1 Å². The number of thioether (sulfide) groups is 1. The van der Waals surface area contributed by atoms with E-state index in [0.29, 0.717) is 6.04 Å². The molecule has 0 saturated carbocycles. The molecule has 0 aromatic carbocycles. The van der Waals surface area contributed by atoms with Crippen LogP contribution in [0.1, 0.15) is 19.8 Å². The highest BCUT2D eigenvalue weighted by atomic mass is 32.2. The average molecular weight is 202 g/mol. The van der Waals surface area contributed by atoms with E-state index in [1.54, 1.807) is 0 Å². The van der Waals surface area contributed by atoms with Gasteiger partial charge in [0, 0.05) is 24.4 Å². The first-order valence-electron chi connectivity index (χ1n) is 5.16. The lowest BCUT2D eigenvalue weighted by Crippen LogP contribution is -2.40. The molecule has 0 amide bonds. The van der Waals surface area contributed by atoms with Crippen LogP contribution in [0.5, 0.6) is 0 Å². The van der Waals surface area contributed by atoms with Crippen molar-refractivity contribution < 1.29 is 0 Å². The molecule has 1 unspecified atom stereocenters. The maximum absolute atomic E-state index is 3.54. The van der Waals surface area contributed by atoms with Crippen molar-refractivity contribution in [1.82, 2.24) is 10.2 Å². The van der Waals surface area contributed by atoms with E-state index >= 15 is 0 Å². The number of rotatable bonds is 5. The second kappa shape index (κ2) is 5.89. The van der Waals surface area contributed by atoms with E-state index < -0.39 is 0 Å². The van der Waals surface area contributed by atoms with E-state index in [1.807, 2.05) is 11.8 Å². The lowest BCUT2D eigenvalue weighted by Gasteiger charge is -2.26. The monoisotopic (exact) mass is 202 g/mol. The molecule has 0 aromatic rings. The minimum atomic E-state index is 0.706. The average Bonchev–Trinajstić information content (AvgIpc) is 2.57. The van der Waals surface area contributed by atoms with Crippen molar-refractivity contribution in [1.29, 1.82) is 0 Å². The van der Waals surface area contributed by atoms with E-state index in [1.165, 1.54) is 31.7 Å². The zero-order valence-corrected chi connectivity index (χ0v) is 9.86. The quantitative estimate of drug-likeness (QED) is 0.726. The summed E-state index contributed by atoms with van der Waals surface area (Å²) in [5.41, 5.74) is 0. The smallest absolute Gasteiger partial charge is 0.0195 e. The van der Waals surface area contributed by atoms with E-state index in [-0.39, 0.29) is 0 Å². The fraction of sp³-hybridized carbons (Fsp3) is 1.00. The molecule has 1 saturated heterocycles. The van der Waals surface area contributed by atoms with Crippen LogP contribution in [0.25, 0.3) is 0 Å². The number of hydrogen-bond acceptors (Lipinski definition) is 3. The van der Waals surface area contributed by atoms with Crippen molar-refractivity contribution in [2.24, 2.45) is 0 Å². The molecule has 1 fully saturated rings. The normalized spacial score (nSPS) is 25.4. The number of likely N-dealkylation sites (N-methyl/N-ethyl adjacent to an activating group) is 1. The van der Waals surface area contributed by atoms with Gasteiger partial charge in [0.05, 0.1) is 0 Å². The van der Waals surface area contributed by atoms with Gasteiger partial charge in [0.1, 0.15) is 0 Å². The molecule has 0 aliphatic carbocycles. The van der Waals surface area contributed by atoms with Crippen molar-refractivity contribution in [2.75, 3.05) is 32.1 Å². The van der Waals surface area contributed by atoms with Gasteiger partial charge in [-0.15, -0.1) is 0 Å². The van der Waals surface area contributed by atoms with Crippen LogP contribution < -0.4 is 5.32 Å². The van der Waals surface area contributed by atoms with Crippen LogP contribution in [-0.2, 0) is 0 Å². The summed E-state index contributed by atoms with van der Waals surface area (Å²) in [6.45, 7) is 4.74. The topological polar surface area (TPSA) is 15.3 Å². The summed E-state index contributed by atoms with van der Waals surface area (Å²) in [6.07, 6.45) is 4.89. The summed E-state index contributed by atoms with van der Waals surface area (Å²) in [7, 11) is 2.24. The summed E-state index contributed by atoms with van der Waals surface area (Å²) < 4.78 is 0. The van der Waals surface area contributed by atoms with Crippen LogP contribution in [0.4, 0.5) is 0 Å². The molecule has 0 radical (unpaired) electrons. The molecule has 0 aromatic heterocycles. The van der Waals surface area contributed by atoms with Crippen molar-refractivity contribution >= 4 is 11.8 Å². The highest BCUT2D eigenvalue weighted by molar-refractivity contribution is 7.98. The van der Waals surface area contributed by atoms with Gasteiger partial charge >= 0.3 is 0 Å². The van der Waals surface area contributed by atoms with E-state index in [0.717, 1.165) is 6.04 Å². The Hall–Kier alpha value is 0.270. The largest absolute Gasteiger partial charge is 0.313 e. The first-order chi connectivity index (χ1) is 6.24. The molecule has 0 spiro atoms. The molecule has 78 valence electrons. The third-order valence-electron chi connectivity index (χ3n) is 2.83. The zero-order valence-electron chi connectivity index (χ0n) is 9.05. The van der Waals surface area contributed by atoms with Crippen molar-refractivity contribution in [2.45, 2.75) is 31.8 Å². The van der Waals surface area contributed by atoms with Crippen LogP contribution in [0.15, 0.2) is 0 Å². The van der Waals surface area contributed by atoms with Crippen molar-refractivity contribution in [3.63, 3.8) is 0 Å². The first kappa shape index (κ1) is 11.3. The van der Waals surface area contributed by atoms with Gasteiger partial charge in [-0.1, -0.05) is 0 Å². The molecular weight excluding hydrogens is 180 g/mol. The Bertz CT molecular complexity index is 135. The highest BCUT2D eigenvalue weighted by Crippen LogP contribution is 2.09. The molecule has 1 N–H and O–H groups in total. The molecule has 1 rings (SSSR count). The Morgan fingerprint density at radius 3 is 2.92 bits per heavy atom. The Morgan fingerprint density at radius 1 is 1.62 bits per heavy atom. The van der Waals surface area contributed by atoms with Gasteiger partial charge in [0.15, 0.2) is 0 Å². The van der Waals surface area contributed by atoms with Crippen LogP contribution in [0, 0.1) is 0 Å². The number of nitrogens with zero attached hydrogens (tertiary/aromatic N) is 1. The molecule has 2 nitrogen and oxygen atoms in total. The van der Waals surface area contributed by atoms with Crippen molar-refractivity contribution in [3.8, 4) is 0 Å². The summed E-state index contributed by atoms with van der Waals surface area (Å²) in [5.74, 6) is 1.24. The molecular formula is C10H22N2S. The van der Waals surface area contributed by atoms with E-state index in [9.17, 15) is 0 Å². The first-order valence-corrected chi connectivity index (χ1v) is 6.56. The SMILES string of the molecule is CSCC(C)N(C)C[C@@H]1CCCN1. The second-order valence-corrected chi connectivity index (χ2v) is 4.95. The number of nitrogens with one attached hydrogen (secondary N) is 1. The Labute approximate surface area is 86.5 Å². The zero-order chi connectivity index (χ0) is 9.68. The Kier molecular flexibility index (Phi) is 5.14. The molecule has 13 heavy (non-hydrogen) atoms. The summed E-state index contributed by atoms with van der Waals surface area (Å²) >= 11 is 1.93. The molecule has 3 heteroatoms. The fourth-order valence-corrected chi connectivity index (χ4v) is 2.55. The van der Waals surface area contributed by atoms with Gasteiger partial charge in [-0.2, -0.15) is 11.8 Å². The van der Waals surface area contributed by atoms with Crippen LogP contribution >= 0.6 is 11.8 Å². The molecule has 1 aliphatic rings. The summed E-state index contributed by atoms with van der Waals surface area (Å²) in [5, 5.41) is 3.54. The fourth-order valence-electron chi connectivity index (χ4n) is 1.81. The minimum absolute atomic E-state index is 0.706. The lowest BCUT2D eigenvalue weighted by atomic mass is 10.2. The predicted molar refractivity (Wildman–Crippen MR) is 61.5 cm³/mol. The van der Waals surface area contributed by atoms with Crippen molar-refractivity contribution in [3.05, 3.63) is 0 Å². The standard InChI is InChI=1S/C10H22N2S/c1-9(8-13-3)12(2)7-10-5-4-6-11-10/h9-11H,4-8H2,1-3H3/t9?,10-/m0/s1. The van der Waals surface area contributed by atoms with Gasteiger partial charge in [-0.3, -0.25) is 0 Å². The third kappa shape index (κ3) is 3.88. The number of hydrogen-bond donors (Lipinski definition) is 1. The summed E-state index contributed by atoms with van der Waals surface area (Å²) in [4.78, 5) is 2.47. The molecule has 0 bridgehead atoms. The lowest BCUT2D eigenvalue weighted by molar-refractivity contribution is 0.252. The maximum atomic E-state index is 3.54. The van der Waals surface area contributed by atoms with Crippen LogP contribution in [0.3, 0.4) is 0 Å².